The van der Waals surface area contributed by atoms with Gasteiger partial charge in [0, 0.05) is 84.7 Å². The molecule has 0 aliphatic carbocycles. The molecule has 2 heterocycles. The van der Waals surface area contributed by atoms with Crippen LogP contribution in [0.3, 0.4) is 0 Å². The average Bonchev–Trinajstić information content (AvgIpc) is 3.32. The molecule has 370 valence electrons. The molecular weight excluding hydrogens is 871 g/mol. The maximum Gasteiger partial charge on any atom is 0.407 e. The average molecular weight is 942 g/mol. The highest BCUT2D eigenvalue weighted by molar-refractivity contribution is 5.82. The molecule has 0 saturated carbocycles. The number of rotatable bonds is 16. The Kier molecular flexibility index (Phi) is 21.3. The van der Waals surface area contributed by atoms with Crippen LogP contribution in [0.25, 0.3) is 0 Å². The molecule has 0 aromatic heterocycles. The lowest BCUT2D eigenvalue weighted by atomic mass is 10.1. The Hall–Kier alpha value is -6.49. The maximum absolute atomic E-state index is 12.7. The van der Waals surface area contributed by atoms with Crippen molar-refractivity contribution < 1.29 is 47.8 Å². The highest BCUT2D eigenvalue weighted by Gasteiger charge is 2.26. The Balaban J connectivity index is 0.000000310. The van der Waals surface area contributed by atoms with E-state index in [0.717, 1.165) is 27.8 Å². The Labute approximate surface area is 401 Å². The third-order valence-electron chi connectivity index (χ3n) is 10.9. The van der Waals surface area contributed by atoms with E-state index in [1.807, 2.05) is 120 Å². The van der Waals surface area contributed by atoms with Gasteiger partial charge < -0.3 is 50.2 Å². The maximum atomic E-state index is 12.7. The largest absolute Gasteiger partial charge is 0.461 e. The van der Waals surface area contributed by atoms with Gasteiger partial charge in [0.15, 0.2) is 0 Å². The number of nitrogens with zero attached hydrogens (tertiary/aromatic N) is 4. The Morgan fingerprint density at radius 3 is 1.19 bits per heavy atom. The van der Waals surface area contributed by atoms with Crippen LogP contribution >= 0.6 is 0 Å². The minimum atomic E-state index is -0.540. The minimum absolute atomic E-state index is 0.0111. The number of hydrogen-bond acceptors (Lipinski definition) is 11. The summed E-state index contributed by atoms with van der Waals surface area (Å²) in [5.41, 5.74) is 9.24. The smallest absolute Gasteiger partial charge is 0.407 e. The quantitative estimate of drug-likeness (QED) is 0.127. The number of hydrogen-bond donors (Lipinski definition) is 3. The van der Waals surface area contributed by atoms with E-state index in [0.29, 0.717) is 91.1 Å². The lowest BCUT2D eigenvalue weighted by molar-refractivity contribution is -0.147. The van der Waals surface area contributed by atoms with Gasteiger partial charge in [-0.3, -0.25) is 24.0 Å². The highest BCUT2D eigenvalue weighted by Crippen LogP contribution is 2.14. The topological polar surface area (TPSA) is 210 Å². The van der Waals surface area contributed by atoms with Crippen molar-refractivity contribution in [2.75, 3.05) is 58.9 Å². The van der Waals surface area contributed by atoms with Crippen LogP contribution in [-0.2, 0) is 70.7 Å². The molecule has 2 aliphatic heterocycles. The van der Waals surface area contributed by atoms with Gasteiger partial charge >= 0.3 is 18.2 Å². The van der Waals surface area contributed by atoms with Crippen molar-refractivity contribution in [1.82, 2.24) is 30.2 Å². The molecule has 2 fully saturated rings. The summed E-state index contributed by atoms with van der Waals surface area (Å²) >= 11 is 0. The Morgan fingerprint density at radius 1 is 0.471 bits per heavy atom. The second kappa shape index (κ2) is 26.7. The van der Waals surface area contributed by atoms with E-state index in [9.17, 15) is 33.6 Å². The van der Waals surface area contributed by atoms with E-state index in [4.69, 9.17) is 19.9 Å². The summed E-state index contributed by atoms with van der Waals surface area (Å²) in [5.74, 6) is -0.408. The number of piperazine rings is 2. The molecule has 5 rings (SSSR count). The van der Waals surface area contributed by atoms with Gasteiger partial charge in [-0.25, -0.2) is 9.59 Å². The molecule has 0 spiro atoms. The first kappa shape index (κ1) is 54.1. The lowest BCUT2D eigenvalue weighted by Gasteiger charge is -2.35. The number of esters is 1. The first-order chi connectivity index (χ1) is 32.3. The fourth-order valence-electron chi connectivity index (χ4n) is 7.16. The van der Waals surface area contributed by atoms with Crippen LogP contribution in [0.2, 0.25) is 0 Å². The van der Waals surface area contributed by atoms with Gasteiger partial charge in [0.1, 0.15) is 17.8 Å². The third kappa shape index (κ3) is 20.6. The number of nitrogens with two attached hydrogens (primary N) is 1. The van der Waals surface area contributed by atoms with Crippen molar-refractivity contribution in [1.29, 1.82) is 0 Å². The number of alkyl carbamates (subject to hydrolysis) is 2. The summed E-state index contributed by atoms with van der Waals surface area (Å²) in [6, 6.07) is 25.0. The third-order valence-corrected chi connectivity index (χ3v) is 10.9. The number of amides is 6. The molecule has 2 aliphatic rings. The van der Waals surface area contributed by atoms with Crippen LogP contribution in [-0.4, -0.2) is 131 Å². The molecule has 4 N–H and O–H groups in total. The SMILES string of the molecule is CC(C)(C)OC(=O)NCc1ccc(CCC(=O)N2CCN(C(=O)CCC(=O)OCc3ccccc3)CC2)cc1.CC(C)(C)OC(=O)NCc1ccc(CCC(=O)N2CCN(C(=O)CN)CC2)cc1. The summed E-state index contributed by atoms with van der Waals surface area (Å²) in [4.78, 5) is 91.7. The molecule has 0 unspecified atom stereocenters. The Bertz CT molecular complexity index is 2100. The first-order valence-electron chi connectivity index (χ1n) is 23.4. The number of benzene rings is 3. The molecule has 0 bridgehead atoms. The van der Waals surface area contributed by atoms with Gasteiger partial charge in [-0.1, -0.05) is 78.9 Å². The highest BCUT2D eigenvalue weighted by atomic mass is 16.6. The van der Waals surface area contributed by atoms with Gasteiger partial charge in [0.05, 0.1) is 13.0 Å². The molecule has 3 aromatic rings. The standard InChI is InChI=1S/C30H39N3O6.C21H32N4O4/c1-30(2,3)39-29(37)31-21-24-11-9-23(10-12-24)13-14-26(34)32-17-19-33(20-18-32)27(35)15-16-28(36)38-22-25-7-5-4-6-8-25;1-21(2,3)29-20(28)23-15-17-6-4-16(5-7-17)8-9-18(26)24-10-12-25(13-11-24)19(27)14-22/h4-12H,13-22H2,1-3H3,(H,31,37);4-7H,8-15,22H2,1-3H3,(H,23,28). The molecule has 6 amide bonds. The van der Waals surface area contributed by atoms with E-state index < -0.39 is 29.4 Å². The number of nitrogens with one attached hydrogen (secondary N) is 2. The van der Waals surface area contributed by atoms with Gasteiger partial charge in [-0.05, 0) is 82.2 Å². The monoisotopic (exact) mass is 942 g/mol. The van der Waals surface area contributed by atoms with E-state index in [1.54, 1.807) is 19.6 Å². The van der Waals surface area contributed by atoms with Crippen molar-refractivity contribution in [2.45, 2.75) is 111 Å². The van der Waals surface area contributed by atoms with Crippen LogP contribution in [0.15, 0.2) is 78.9 Å². The van der Waals surface area contributed by atoms with Crippen LogP contribution in [0.4, 0.5) is 9.59 Å². The molecule has 0 atom stereocenters. The molecule has 2 saturated heterocycles. The van der Waals surface area contributed by atoms with Gasteiger partial charge in [0.2, 0.25) is 23.6 Å². The fraction of sp³-hybridized carbons (Fsp3) is 0.510. The van der Waals surface area contributed by atoms with E-state index in [1.165, 1.54) is 0 Å². The predicted octanol–water partition coefficient (Wildman–Crippen LogP) is 5.11. The summed E-state index contributed by atoms with van der Waals surface area (Å²) in [6.45, 7) is 16.0. The molecule has 17 heteroatoms. The van der Waals surface area contributed by atoms with Gasteiger partial charge in [-0.2, -0.15) is 0 Å². The zero-order valence-electron chi connectivity index (χ0n) is 40.7. The second-order valence-electron chi connectivity index (χ2n) is 18.7. The predicted molar refractivity (Wildman–Crippen MR) is 257 cm³/mol. The molecule has 0 radical (unpaired) electrons. The molecule has 17 nitrogen and oxygen atoms in total. The second-order valence-corrected chi connectivity index (χ2v) is 18.7. The zero-order valence-corrected chi connectivity index (χ0v) is 40.7. The minimum Gasteiger partial charge on any atom is -0.461 e. The number of aryl methyl sites for hydroxylation is 2. The van der Waals surface area contributed by atoms with E-state index in [-0.39, 0.29) is 49.6 Å². The van der Waals surface area contributed by atoms with Crippen molar-refractivity contribution >= 4 is 41.8 Å². The van der Waals surface area contributed by atoms with Gasteiger partial charge in [-0.15, -0.1) is 0 Å². The van der Waals surface area contributed by atoms with Crippen molar-refractivity contribution in [2.24, 2.45) is 5.73 Å². The summed E-state index contributed by atoms with van der Waals surface area (Å²) in [5, 5.41) is 5.46. The molecule has 68 heavy (non-hydrogen) atoms. The van der Waals surface area contributed by atoms with Gasteiger partial charge in [0.25, 0.3) is 0 Å². The van der Waals surface area contributed by atoms with Crippen LogP contribution in [0, 0.1) is 0 Å². The van der Waals surface area contributed by atoms with E-state index in [2.05, 4.69) is 10.6 Å². The number of carbonyl (C=O) groups excluding carboxylic acids is 7. The fourth-order valence-corrected chi connectivity index (χ4v) is 7.16. The lowest BCUT2D eigenvalue weighted by Crippen LogP contribution is -2.51. The van der Waals surface area contributed by atoms with Crippen LogP contribution in [0.5, 0.6) is 0 Å². The van der Waals surface area contributed by atoms with Crippen LogP contribution in [0.1, 0.15) is 95.0 Å². The van der Waals surface area contributed by atoms with Crippen molar-refractivity contribution in [3.05, 3.63) is 107 Å². The first-order valence-corrected chi connectivity index (χ1v) is 23.4. The normalized spacial score (nSPS) is 13.9. The summed E-state index contributed by atoms with van der Waals surface area (Å²) in [7, 11) is 0. The summed E-state index contributed by atoms with van der Waals surface area (Å²) in [6.07, 6.45) is 1.33. The molecule has 3 aromatic carbocycles. The molecular formula is C51H71N7O10. The number of ether oxygens (including phenoxy) is 3. The van der Waals surface area contributed by atoms with Crippen molar-refractivity contribution in [3.8, 4) is 0 Å². The summed E-state index contributed by atoms with van der Waals surface area (Å²) < 4.78 is 15.7. The zero-order chi connectivity index (χ0) is 49.7. The van der Waals surface area contributed by atoms with E-state index >= 15 is 0 Å². The van der Waals surface area contributed by atoms with Crippen molar-refractivity contribution in [3.63, 3.8) is 0 Å². The van der Waals surface area contributed by atoms with Crippen LogP contribution < -0.4 is 16.4 Å². The Morgan fingerprint density at radius 2 is 0.824 bits per heavy atom. The number of carbonyl (C=O) groups is 7.